The average molecular weight is 218 g/mol. The summed E-state index contributed by atoms with van der Waals surface area (Å²) in [6, 6.07) is 5.65. The van der Waals surface area contributed by atoms with Crippen LogP contribution in [0.2, 0.25) is 0 Å². The third-order valence-electron chi connectivity index (χ3n) is 1.64. The first-order chi connectivity index (χ1) is 6.38. The number of hydrogen-bond donors (Lipinski definition) is 0. The molecule has 0 saturated heterocycles. The predicted octanol–water partition coefficient (Wildman–Crippen LogP) is 1.86. The summed E-state index contributed by atoms with van der Waals surface area (Å²) in [6.45, 7) is 1.55. The van der Waals surface area contributed by atoms with E-state index in [2.05, 4.69) is 4.18 Å². The Kier molecular flexibility index (Phi) is 3.23. The molecule has 0 aliphatic heterocycles. The van der Waals surface area contributed by atoms with Gasteiger partial charge in [0.1, 0.15) is 5.82 Å². The minimum atomic E-state index is -3.51. The third kappa shape index (κ3) is 3.43. The van der Waals surface area contributed by atoms with Gasteiger partial charge in [-0.25, -0.2) is 4.39 Å². The van der Waals surface area contributed by atoms with Gasteiger partial charge in [-0.1, -0.05) is 12.1 Å². The lowest BCUT2D eigenvalue weighted by Crippen LogP contribution is -2.07. The fraction of sp³-hybridized carbons (Fsp3) is 0.333. The average Bonchev–Trinajstić information content (AvgIpc) is 2.01. The SMILES string of the molecule is CC(OS(C)(=O)=O)c1cccc(F)c1. The van der Waals surface area contributed by atoms with Crippen LogP contribution in [0.25, 0.3) is 0 Å². The Morgan fingerprint density at radius 1 is 1.43 bits per heavy atom. The molecule has 1 aromatic rings. The van der Waals surface area contributed by atoms with E-state index in [1.165, 1.54) is 18.2 Å². The maximum atomic E-state index is 12.8. The van der Waals surface area contributed by atoms with E-state index >= 15 is 0 Å². The smallest absolute Gasteiger partial charge is 0.262 e. The molecule has 5 heteroatoms. The molecule has 1 unspecified atom stereocenters. The van der Waals surface area contributed by atoms with Crippen LogP contribution in [-0.4, -0.2) is 14.7 Å². The summed E-state index contributed by atoms with van der Waals surface area (Å²) < 4.78 is 39.0. The molecule has 14 heavy (non-hydrogen) atoms. The number of hydrogen-bond acceptors (Lipinski definition) is 3. The van der Waals surface area contributed by atoms with Crippen LogP contribution in [0.5, 0.6) is 0 Å². The number of rotatable bonds is 3. The van der Waals surface area contributed by atoms with Crippen molar-refractivity contribution < 1.29 is 17.0 Å². The second-order valence-corrected chi connectivity index (χ2v) is 4.60. The molecule has 1 atom stereocenters. The summed E-state index contributed by atoms with van der Waals surface area (Å²) in [5, 5.41) is 0. The van der Waals surface area contributed by atoms with E-state index in [4.69, 9.17) is 0 Å². The summed E-state index contributed by atoms with van der Waals surface area (Å²) in [5.41, 5.74) is 0.496. The van der Waals surface area contributed by atoms with Gasteiger partial charge >= 0.3 is 0 Å². The Balaban J connectivity index is 2.85. The van der Waals surface area contributed by atoms with Crippen molar-refractivity contribution in [3.8, 4) is 0 Å². The number of halogens is 1. The Morgan fingerprint density at radius 2 is 2.07 bits per heavy atom. The first-order valence-electron chi connectivity index (χ1n) is 4.02. The van der Waals surface area contributed by atoms with Crippen LogP contribution in [0.3, 0.4) is 0 Å². The molecule has 0 heterocycles. The Hall–Kier alpha value is -0.940. The number of benzene rings is 1. The summed E-state index contributed by atoms with van der Waals surface area (Å²) in [5.74, 6) is -0.411. The van der Waals surface area contributed by atoms with Crippen molar-refractivity contribution in [3.63, 3.8) is 0 Å². The summed E-state index contributed by atoms with van der Waals surface area (Å²) in [4.78, 5) is 0. The summed E-state index contributed by atoms with van der Waals surface area (Å²) in [6.07, 6.45) is 0.295. The minimum Gasteiger partial charge on any atom is -0.262 e. The van der Waals surface area contributed by atoms with E-state index in [9.17, 15) is 12.8 Å². The van der Waals surface area contributed by atoms with Crippen molar-refractivity contribution >= 4 is 10.1 Å². The largest absolute Gasteiger partial charge is 0.264 e. The third-order valence-corrected chi connectivity index (χ3v) is 2.28. The van der Waals surface area contributed by atoms with Gasteiger partial charge in [-0.2, -0.15) is 8.42 Å². The molecule has 0 aliphatic rings. The van der Waals surface area contributed by atoms with Gasteiger partial charge in [0.2, 0.25) is 0 Å². The zero-order valence-electron chi connectivity index (χ0n) is 7.90. The molecule has 0 fully saturated rings. The van der Waals surface area contributed by atoms with Gasteiger partial charge < -0.3 is 0 Å². The van der Waals surface area contributed by atoms with Crippen LogP contribution in [0.15, 0.2) is 24.3 Å². The van der Waals surface area contributed by atoms with Crippen LogP contribution in [0.1, 0.15) is 18.6 Å². The fourth-order valence-corrected chi connectivity index (χ4v) is 1.71. The molecule has 0 spiro atoms. The van der Waals surface area contributed by atoms with Gasteiger partial charge in [0.05, 0.1) is 12.4 Å². The van der Waals surface area contributed by atoms with Crippen molar-refractivity contribution in [2.45, 2.75) is 13.0 Å². The van der Waals surface area contributed by atoms with E-state index in [-0.39, 0.29) is 0 Å². The molecule has 78 valence electrons. The first-order valence-corrected chi connectivity index (χ1v) is 5.84. The van der Waals surface area contributed by atoms with E-state index in [0.717, 1.165) is 6.26 Å². The molecule has 0 aromatic heterocycles. The van der Waals surface area contributed by atoms with Crippen molar-refractivity contribution in [3.05, 3.63) is 35.6 Å². The van der Waals surface area contributed by atoms with E-state index in [1.54, 1.807) is 13.0 Å². The molecule has 1 aromatic carbocycles. The predicted molar refractivity (Wildman–Crippen MR) is 50.7 cm³/mol. The highest BCUT2D eigenvalue weighted by Crippen LogP contribution is 2.18. The Morgan fingerprint density at radius 3 is 2.57 bits per heavy atom. The molecule has 0 saturated carbocycles. The molecule has 3 nitrogen and oxygen atoms in total. The van der Waals surface area contributed by atoms with Crippen molar-refractivity contribution in [1.82, 2.24) is 0 Å². The van der Waals surface area contributed by atoms with Crippen LogP contribution < -0.4 is 0 Å². The lowest BCUT2D eigenvalue weighted by molar-refractivity contribution is 0.236. The monoisotopic (exact) mass is 218 g/mol. The van der Waals surface area contributed by atoms with E-state index in [1.807, 2.05) is 0 Å². The Labute approximate surface area is 82.6 Å². The molecular formula is C9H11FO3S. The lowest BCUT2D eigenvalue weighted by atomic mass is 10.1. The summed E-state index contributed by atoms with van der Waals surface area (Å²) in [7, 11) is -3.51. The highest BCUT2D eigenvalue weighted by molar-refractivity contribution is 7.86. The van der Waals surface area contributed by atoms with E-state index < -0.39 is 22.0 Å². The van der Waals surface area contributed by atoms with Crippen LogP contribution in [-0.2, 0) is 14.3 Å². The van der Waals surface area contributed by atoms with Gasteiger partial charge in [-0.15, -0.1) is 0 Å². The molecule has 1 rings (SSSR count). The van der Waals surface area contributed by atoms with Crippen molar-refractivity contribution in [2.24, 2.45) is 0 Å². The maximum absolute atomic E-state index is 12.8. The molecule has 0 radical (unpaired) electrons. The minimum absolute atomic E-state index is 0.411. The van der Waals surface area contributed by atoms with Gasteiger partial charge in [0.15, 0.2) is 0 Å². The quantitative estimate of drug-likeness (QED) is 0.727. The second kappa shape index (κ2) is 4.06. The van der Waals surface area contributed by atoms with Crippen LogP contribution >= 0.6 is 0 Å². The van der Waals surface area contributed by atoms with Crippen LogP contribution in [0.4, 0.5) is 4.39 Å². The topological polar surface area (TPSA) is 43.4 Å². The van der Waals surface area contributed by atoms with Gasteiger partial charge in [0.25, 0.3) is 10.1 Å². The highest BCUT2D eigenvalue weighted by atomic mass is 32.2. The molecule has 0 aliphatic carbocycles. The van der Waals surface area contributed by atoms with Gasteiger partial charge in [-0.05, 0) is 24.6 Å². The van der Waals surface area contributed by atoms with Crippen molar-refractivity contribution in [2.75, 3.05) is 6.26 Å². The molecule has 0 amide bonds. The fourth-order valence-electron chi connectivity index (χ4n) is 1.08. The van der Waals surface area contributed by atoms with Gasteiger partial charge in [0, 0.05) is 0 Å². The molecular weight excluding hydrogens is 207 g/mol. The van der Waals surface area contributed by atoms with E-state index in [0.29, 0.717) is 5.56 Å². The molecule has 0 N–H and O–H groups in total. The van der Waals surface area contributed by atoms with Crippen molar-refractivity contribution in [1.29, 1.82) is 0 Å². The summed E-state index contributed by atoms with van der Waals surface area (Å²) >= 11 is 0. The zero-order valence-corrected chi connectivity index (χ0v) is 8.71. The standard InChI is InChI=1S/C9H11FO3S/c1-7(13-14(2,11)12)8-4-3-5-9(10)6-8/h3-7H,1-2H3. The van der Waals surface area contributed by atoms with Crippen LogP contribution in [0, 0.1) is 5.82 Å². The maximum Gasteiger partial charge on any atom is 0.264 e. The first kappa shape index (κ1) is 11.1. The highest BCUT2D eigenvalue weighted by Gasteiger charge is 2.12. The normalized spacial score (nSPS) is 13.9. The lowest BCUT2D eigenvalue weighted by Gasteiger charge is -2.10. The molecule has 0 bridgehead atoms. The second-order valence-electron chi connectivity index (χ2n) is 3.00. The zero-order chi connectivity index (χ0) is 10.8. The Bertz CT molecular complexity index is 414. The van der Waals surface area contributed by atoms with Gasteiger partial charge in [-0.3, -0.25) is 4.18 Å².